The molecule has 1 saturated carbocycles. The number of urea groups is 1. The minimum Gasteiger partial charge on any atom is -0.493 e. The topological polar surface area (TPSA) is 83.1 Å². The molecular weight excluding hydrogens is 444 g/mol. The van der Waals surface area contributed by atoms with Gasteiger partial charge in [-0.3, -0.25) is 4.90 Å². The fraction of sp³-hybridized carbons (Fsp3) is 0.480. The van der Waals surface area contributed by atoms with Crippen LogP contribution in [-0.4, -0.2) is 62.0 Å². The Bertz CT molecular complexity index is 1040. The van der Waals surface area contributed by atoms with Crippen LogP contribution < -0.4 is 20.1 Å². The molecule has 1 aliphatic carbocycles. The number of aliphatic hydroxyl groups is 1. The number of carbonyl (C=O) groups excluding carboxylic acids is 1. The molecule has 3 unspecified atom stereocenters. The SMILES string of the molecule is COc1ccc(C23CCC(NC(=O)Nc4ccc(F)c(F)c4)CC2N(CCO)CC3)cc1OC. The van der Waals surface area contributed by atoms with Gasteiger partial charge in [-0.2, -0.15) is 0 Å². The number of likely N-dealkylation sites (tertiary alicyclic amines) is 1. The summed E-state index contributed by atoms with van der Waals surface area (Å²) in [5.74, 6) is -0.621. The zero-order valence-electron chi connectivity index (χ0n) is 19.4. The highest BCUT2D eigenvalue weighted by Crippen LogP contribution is 2.50. The fourth-order valence-corrected chi connectivity index (χ4v) is 5.58. The van der Waals surface area contributed by atoms with Crippen molar-refractivity contribution in [2.24, 2.45) is 0 Å². The first-order valence-electron chi connectivity index (χ1n) is 11.5. The van der Waals surface area contributed by atoms with Gasteiger partial charge in [0.2, 0.25) is 0 Å². The van der Waals surface area contributed by atoms with E-state index in [2.05, 4.69) is 21.6 Å². The number of hydrogen-bond donors (Lipinski definition) is 3. The van der Waals surface area contributed by atoms with Crippen LogP contribution in [-0.2, 0) is 5.41 Å². The van der Waals surface area contributed by atoms with Crippen molar-refractivity contribution in [2.75, 3.05) is 39.2 Å². The number of halogens is 2. The van der Waals surface area contributed by atoms with Crippen molar-refractivity contribution in [1.29, 1.82) is 0 Å². The molecule has 3 N–H and O–H groups in total. The van der Waals surface area contributed by atoms with Gasteiger partial charge in [-0.05, 0) is 62.1 Å². The molecule has 3 atom stereocenters. The van der Waals surface area contributed by atoms with Gasteiger partial charge < -0.3 is 25.2 Å². The van der Waals surface area contributed by atoms with E-state index in [1.165, 1.54) is 11.6 Å². The van der Waals surface area contributed by atoms with Crippen LogP contribution in [0.2, 0.25) is 0 Å². The van der Waals surface area contributed by atoms with E-state index in [1.807, 2.05) is 12.1 Å². The van der Waals surface area contributed by atoms with Crippen LogP contribution >= 0.6 is 0 Å². The number of nitrogens with zero attached hydrogens (tertiary/aromatic N) is 1. The molecule has 1 aliphatic heterocycles. The second kappa shape index (κ2) is 10.1. The van der Waals surface area contributed by atoms with E-state index in [4.69, 9.17) is 9.47 Å². The third kappa shape index (κ3) is 4.67. The number of rotatable bonds is 7. The zero-order chi connectivity index (χ0) is 24.3. The molecule has 4 rings (SSSR count). The first-order valence-corrected chi connectivity index (χ1v) is 11.5. The minimum atomic E-state index is -1.01. The van der Waals surface area contributed by atoms with E-state index in [0.717, 1.165) is 37.9 Å². The molecule has 1 saturated heterocycles. The normalized spacial score (nSPS) is 24.4. The van der Waals surface area contributed by atoms with Crippen molar-refractivity contribution < 1.29 is 28.2 Å². The van der Waals surface area contributed by atoms with Gasteiger partial charge in [0.1, 0.15) is 0 Å². The maximum absolute atomic E-state index is 13.5. The Morgan fingerprint density at radius 1 is 1.12 bits per heavy atom. The second-order valence-electron chi connectivity index (χ2n) is 8.95. The first kappa shape index (κ1) is 24.2. The number of carbonyl (C=O) groups is 1. The van der Waals surface area contributed by atoms with E-state index < -0.39 is 17.7 Å². The van der Waals surface area contributed by atoms with Crippen molar-refractivity contribution in [1.82, 2.24) is 10.2 Å². The highest BCUT2D eigenvalue weighted by atomic mass is 19.2. The number of benzene rings is 2. The van der Waals surface area contributed by atoms with Gasteiger partial charge >= 0.3 is 6.03 Å². The number of hydrogen-bond acceptors (Lipinski definition) is 5. The molecule has 184 valence electrons. The van der Waals surface area contributed by atoms with E-state index in [0.29, 0.717) is 24.5 Å². The Morgan fingerprint density at radius 3 is 2.62 bits per heavy atom. The minimum absolute atomic E-state index is 0.0627. The van der Waals surface area contributed by atoms with Gasteiger partial charge in [0.15, 0.2) is 23.1 Å². The summed E-state index contributed by atoms with van der Waals surface area (Å²) in [5.41, 5.74) is 1.23. The number of ether oxygens (including phenoxy) is 2. The van der Waals surface area contributed by atoms with Gasteiger partial charge in [0.25, 0.3) is 0 Å². The standard InChI is InChI=1S/C25H31F2N3O4/c1-33-21-6-3-16(13-22(21)34-2)25-8-7-18(15-23(25)30(10-9-25)11-12-31)29-24(32)28-17-4-5-19(26)20(27)14-17/h3-6,13-14,18,23,31H,7-12,15H2,1-2H3,(H2,28,29,32). The summed E-state index contributed by atoms with van der Waals surface area (Å²) in [4.78, 5) is 14.8. The number of β-amino-alcohol motifs (C(OH)–C–C–N with tert-alkyl or cyclic N) is 1. The third-order valence-electron chi connectivity index (χ3n) is 7.23. The molecule has 2 aliphatic rings. The third-order valence-corrected chi connectivity index (χ3v) is 7.23. The van der Waals surface area contributed by atoms with Crippen molar-refractivity contribution in [3.63, 3.8) is 0 Å². The first-order chi connectivity index (χ1) is 16.4. The average Bonchev–Trinajstić information content (AvgIpc) is 3.20. The molecule has 1 heterocycles. The van der Waals surface area contributed by atoms with Gasteiger partial charge in [-0.25, -0.2) is 13.6 Å². The predicted octanol–water partition coefficient (Wildman–Crippen LogP) is 3.66. The summed E-state index contributed by atoms with van der Waals surface area (Å²) in [6.45, 7) is 1.48. The van der Waals surface area contributed by atoms with Crippen LogP contribution in [0.25, 0.3) is 0 Å². The molecule has 2 aromatic rings. The molecule has 0 bridgehead atoms. The van der Waals surface area contributed by atoms with Gasteiger partial charge in [-0.1, -0.05) is 6.07 Å². The van der Waals surface area contributed by atoms with Crippen LogP contribution in [0.3, 0.4) is 0 Å². The summed E-state index contributed by atoms with van der Waals surface area (Å²) >= 11 is 0. The predicted molar refractivity (Wildman–Crippen MR) is 124 cm³/mol. The Labute approximate surface area is 198 Å². The molecular formula is C25H31F2N3O4. The number of nitrogens with one attached hydrogen (secondary N) is 2. The van der Waals surface area contributed by atoms with E-state index in [1.54, 1.807) is 14.2 Å². The van der Waals surface area contributed by atoms with Crippen molar-refractivity contribution in [2.45, 2.75) is 43.2 Å². The van der Waals surface area contributed by atoms with Gasteiger partial charge in [0.05, 0.1) is 20.8 Å². The van der Waals surface area contributed by atoms with Crippen LogP contribution in [0.4, 0.5) is 19.3 Å². The number of methoxy groups -OCH3 is 2. The van der Waals surface area contributed by atoms with Crippen LogP contribution in [0, 0.1) is 11.6 Å². The highest BCUT2D eigenvalue weighted by molar-refractivity contribution is 5.89. The van der Waals surface area contributed by atoms with Crippen molar-refractivity contribution in [3.05, 3.63) is 53.6 Å². The van der Waals surface area contributed by atoms with Crippen molar-refractivity contribution in [3.8, 4) is 11.5 Å². The molecule has 9 heteroatoms. The van der Waals surface area contributed by atoms with E-state index in [-0.39, 0.29) is 29.8 Å². The summed E-state index contributed by atoms with van der Waals surface area (Å²) in [6, 6.07) is 8.88. The lowest BCUT2D eigenvalue weighted by atomic mass is 9.65. The second-order valence-corrected chi connectivity index (χ2v) is 8.95. The molecule has 2 amide bonds. The van der Waals surface area contributed by atoms with Crippen molar-refractivity contribution >= 4 is 11.7 Å². The summed E-state index contributed by atoms with van der Waals surface area (Å²) in [6.07, 6.45) is 3.27. The summed E-state index contributed by atoms with van der Waals surface area (Å²) < 4.78 is 37.6. The Balaban J connectivity index is 1.51. The van der Waals surface area contributed by atoms with Crippen LogP contribution in [0.5, 0.6) is 11.5 Å². The fourth-order valence-electron chi connectivity index (χ4n) is 5.58. The van der Waals surface area contributed by atoms with E-state index >= 15 is 0 Å². The smallest absolute Gasteiger partial charge is 0.319 e. The quantitative estimate of drug-likeness (QED) is 0.569. The molecule has 0 spiro atoms. The Kier molecular flexibility index (Phi) is 7.23. The number of amides is 2. The Hall–Kier alpha value is -2.91. The molecule has 7 nitrogen and oxygen atoms in total. The molecule has 34 heavy (non-hydrogen) atoms. The lowest BCUT2D eigenvalue weighted by Gasteiger charge is -2.45. The molecule has 0 radical (unpaired) electrons. The maximum atomic E-state index is 13.5. The Morgan fingerprint density at radius 2 is 1.91 bits per heavy atom. The highest BCUT2D eigenvalue weighted by Gasteiger charge is 2.51. The number of aliphatic hydroxyl groups excluding tert-OH is 1. The largest absolute Gasteiger partial charge is 0.493 e. The average molecular weight is 476 g/mol. The monoisotopic (exact) mass is 475 g/mol. The summed E-state index contributed by atoms with van der Waals surface area (Å²) in [7, 11) is 3.23. The number of fused-ring (bicyclic) bond motifs is 1. The lowest BCUT2D eigenvalue weighted by molar-refractivity contribution is 0.116. The van der Waals surface area contributed by atoms with Gasteiger partial charge in [0, 0.05) is 35.8 Å². The zero-order valence-corrected chi connectivity index (χ0v) is 19.4. The lowest BCUT2D eigenvalue weighted by Crippen LogP contribution is -2.53. The molecule has 0 aromatic heterocycles. The maximum Gasteiger partial charge on any atom is 0.319 e. The summed E-state index contributed by atoms with van der Waals surface area (Å²) in [5, 5.41) is 15.2. The number of anilines is 1. The van der Waals surface area contributed by atoms with Crippen LogP contribution in [0.1, 0.15) is 31.2 Å². The van der Waals surface area contributed by atoms with E-state index in [9.17, 15) is 18.7 Å². The van der Waals surface area contributed by atoms with Crippen LogP contribution in [0.15, 0.2) is 36.4 Å². The van der Waals surface area contributed by atoms with Gasteiger partial charge in [-0.15, -0.1) is 0 Å². The molecule has 2 fully saturated rings. The molecule has 2 aromatic carbocycles.